The first-order valence-corrected chi connectivity index (χ1v) is 13.7. The van der Waals surface area contributed by atoms with Crippen molar-refractivity contribution in [2.24, 2.45) is 0 Å². The second-order valence-electron chi connectivity index (χ2n) is 8.49. The molecule has 0 heterocycles. The maximum Gasteiger partial charge on any atom is 0.340 e. The molecule has 0 bridgehead atoms. The van der Waals surface area contributed by atoms with Crippen LogP contribution in [-0.2, 0) is 23.2 Å². The number of carbonyl (C=O) groups is 1. The van der Waals surface area contributed by atoms with Crippen molar-refractivity contribution >= 4 is 13.5 Å². The second-order valence-corrected chi connectivity index (χ2v) is 10.5. The molecule has 190 valence electrons. The fourth-order valence-electron chi connectivity index (χ4n) is 3.02. The number of rotatable bonds is 18. The minimum absolute atomic E-state index is 0.216. The van der Waals surface area contributed by atoms with Crippen LogP contribution in [0.5, 0.6) is 0 Å². The highest BCUT2D eigenvalue weighted by molar-refractivity contribution is 7.54. The summed E-state index contributed by atoms with van der Waals surface area (Å²) in [4.78, 5) is 17.1. The van der Waals surface area contributed by atoms with Crippen molar-refractivity contribution in [3.63, 3.8) is 0 Å². The van der Waals surface area contributed by atoms with E-state index in [2.05, 4.69) is 51.4 Å². The molecular weight excluding hydrogens is 437 g/mol. The number of hydroxylamine groups is 1. The summed E-state index contributed by atoms with van der Waals surface area (Å²) in [6.07, 6.45) is 14.9. The van der Waals surface area contributed by atoms with E-state index in [1.165, 1.54) is 22.3 Å². The zero-order chi connectivity index (χ0) is 25.1. The summed E-state index contributed by atoms with van der Waals surface area (Å²) in [5.41, 5.74) is 7.75. The van der Waals surface area contributed by atoms with Gasteiger partial charge in [0, 0.05) is 0 Å². The van der Waals surface area contributed by atoms with E-state index in [0.717, 1.165) is 38.5 Å². The normalized spacial score (nSPS) is 13.2. The van der Waals surface area contributed by atoms with E-state index in [1.807, 2.05) is 13.0 Å². The Morgan fingerprint density at radius 3 is 1.67 bits per heavy atom. The fraction of sp³-hybridized carbons (Fsp3) is 0.654. The van der Waals surface area contributed by atoms with Crippen molar-refractivity contribution in [1.82, 2.24) is 5.48 Å². The molecule has 0 rings (SSSR count). The number of amides is 1. The van der Waals surface area contributed by atoms with Crippen LogP contribution in [0.3, 0.4) is 0 Å². The van der Waals surface area contributed by atoms with Crippen LogP contribution in [0.25, 0.3) is 0 Å². The summed E-state index contributed by atoms with van der Waals surface area (Å²) in [5, 5.41) is 0. The third-order valence-corrected chi connectivity index (χ3v) is 6.82. The maximum absolute atomic E-state index is 12.3. The van der Waals surface area contributed by atoms with E-state index in [1.54, 1.807) is 13.8 Å². The Bertz CT molecular complexity index is 723. The van der Waals surface area contributed by atoms with Crippen LogP contribution in [-0.4, -0.2) is 31.9 Å². The third kappa shape index (κ3) is 18.6. The van der Waals surface area contributed by atoms with Crippen molar-refractivity contribution < 1.29 is 23.2 Å². The number of allylic oxidation sites excluding steroid dienone is 7. The van der Waals surface area contributed by atoms with E-state index in [4.69, 9.17) is 13.9 Å². The Hall–Kier alpha value is -1.46. The summed E-state index contributed by atoms with van der Waals surface area (Å²) < 4.78 is 22.5. The number of hydrogen-bond acceptors (Lipinski definition) is 5. The molecule has 6 nitrogen and oxygen atoms in total. The van der Waals surface area contributed by atoms with Gasteiger partial charge in [-0.3, -0.25) is 14.2 Å². The number of hydrogen-bond donors (Lipinski definition) is 1. The van der Waals surface area contributed by atoms with Gasteiger partial charge in [0.2, 0.25) is 0 Å². The van der Waals surface area contributed by atoms with E-state index >= 15 is 0 Å². The van der Waals surface area contributed by atoms with Gasteiger partial charge in [0.05, 0.1) is 19.8 Å². The van der Waals surface area contributed by atoms with Crippen molar-refractivity contribution in [2.75, 3.05) is 26.0 Å². The fourth-order valence-corrected chi connectivity index (χ4v) is 4.48. The van der Waals surface area contributed by atoms with Gasteiger partial charge >= 0.3 is 7.60 Å². The van der Waals surface area contributed by atoms with Gasteiger partial charge in [-0.05, 0) is 87.0 Å². The van der Waals surface area contributed by atoms with Crippen LogP contribution in [0.4, 0.5) is 0 Å². The van der Waals surface area contributed by atoms with E-state index in [0.29, 0.717) is 0 Å². The molecule has 33 heavy (non-hydrogen) atoms. The largest absolute Gasteiger partial charge is 0.340 e. The minimum atomic E-state index is -3.41. The summed E-state index contributed by atoms with van der Waals surface area (Å²) >= 11 is 0. The zero-order valence-corrected chi connectivity index (χ0v) is 22.8. The van der Waals surface area contributed by atoms with E-state index < -0.39 is 13.5 Å². The summed E-state index contributed by atoms with van der Waals surface area (Å²) in [6, 6.07) is 0. The van der Waals surface area contributed by atoms with Gasteiger partial charge < -0.3 is 9.05 Å². The Morgan fingerprint density at radius 1 is 0.758 bits per heavy atom. The first-order valence-electron chi connectivity index (χ1n) is 12.0. The molecule has 0 aliphatic heterocycles. The molecule has 0 spiro atoms. The predicted octanol–water partition coefficient (Wildman–Crippen LogP) is 7.45. The van der Waals surface area contributed by atoms with Gasteiger partial charge in [-0.15, -0.1) is 0 Å². The summed E-state index contributed by atoms with van der Waals surface area (Å²) in [5.74, 6) is -0.522. The van der Waals surface area contributed by atoms with Gasteiger partial charge in [0.1, 0.15) is 6.16 Å². The monoisotopic (exact) mass is 483 g/mol. The topological polar surface area (TPSA) is 73.9 Å². The van der Waals surface area contributed by atoms with Crippen LogP contribution in [0.2, 0.25) is 0 Å². The molecule has 0 aromatic heterocycles. The molecule has 0 aromatic rings. The van der Waals surface area contributed by atoms with Crippen LogP contribution in [0.1, 0.15) is 87.0 Å². The second kappa shape index (κ2) is 18.9. The van der Waals surface area contributed by atoms with Gasteiger partial charge in [-0.1, -0.05) is 46.6 Å². The molecule has 0 fully saturated rings. The summed E-state index contributed by atoms with van der Waals surface area (Å²) in [6.45, 7) is 14.8. The van der Waals surface area contributed by atoms with Gasteiger partial charge in [0.15, 0.2) is 0 Å². The first kappa shape index (κ1) is 31.5. The highest BCUT2D eigenvalue weighted by Crippen LogP contribution is 2.47. The quantitative estimate of drug-likeness (QED) is 0.0948. The highest BCUT2D eigenvalue weighted by Gasteiger charge is 2.27. The average Bonchev–Trinajstić information content (AvgIpc) is 2.71. The number of nitrogens with one attached hydrogen (secondary N) is 1. The Labute approximate surface area is 202 Å². The first-order chi connectivity index (χ1) is 15.6. The molecule has 7 heteroatoms. The lowest BCUT2D eigenvalue weighted by Crippen LogP contribution is -2.27. The third-order valence-electron chi connectivity index (χ3n) is 4.84. The molecule has 0 aliphatic carbocycles. The van der Waals surface area contributed by atoms with E-state index in [9.17, 15) is 9.36 Å². The van der Waals surface area contributed by atoms with E-state index in [-0.39, 0.29) is 26.0 Å². The molecule has 1 amide bonds. The van der Waals surface area contributed by atoms with Gasteiger partial charge in [0.25, 0.3) is 5.91 Å². The van der Waals surface area contributed by atoms with Crippen molar-refractivity contribution in [3.05, 3.63) is 46.6 Å². The molecular formula is C26H46NO5P. The SMILES string of the molecule is CCOP(=O)(CC(=O)NOC/C=C(\C)CC/C=C(\C)CC/C=C(\C)CCC=C(C)C)OCC. The highest BCUT2D eigenvalue weighted by atomic mass is 31.2. The lowest BCUT2D eigenvalue weighted by Gasteiger charge is -2.16. The average molecular weight is 484 g/mol. The van der Waals surface area contributed by atoms with Crippen LogP contribution in [0, 0.1) is 0 Å². The summed E-state index contributed by atoms with van der Waals surface area (Å²) in [7, 11) is -3.41. The molecule has 0 unspecified atom stereocenters. The molecule has 1 N–H and O–H groups in total. The maximum atomic E-state index is 12.3. The lowest BCUT2D eigenvalue weighted by atomic mass is 10.0. The molecule has 0 aliphatic rings. The zero-order valence-electron chi connectivity index (χ0n) is 21.9. The lowest BCUT2D eigenvalue weighted by molar-refractivity contribution is -0.130. The van der Waals surface area contributed by atoms with Gasteiger partial charge in [-0.25, -0.2) is 5.48 Å². The Balaban J connectivity index is 4.16. The van der Waals surface area contributed by atoms with Crippen LogP contribution < -0.4 is 5.48 Å². The van der Waals surface area contributed by atoms with Crippen molar-refractivity contribution in [2.45, 2.75) is 87.0 Å². The molecule has 0 saturated heterocycles. The molecule has 0 radical (unpaired) electrons. The number of carbonyl (C=O) groups excluding carboxylic acids is 1. The van der Waals surface area contributed by atoms with Crippen molar-refractivity contribution in [3.8, 4) is 0 Å². The predicted molar refractivity (Wildman–Crippen MR) is 138 cm³/mol. The van der Waals surface area contributed by atoms with Crippen LogP contribution in [0.15, 0.2) is 46.6 Å². The standard InChI is InChI=1S/C26H46NO5P/c1-8-31-33(29,32-9-2)21-26(28)27-30-20-19-25(7)18-12-17-24(6)16-11-15-23(5)14-10-13-22(3)4/h13,15,17,19H,8-12,14,16,18,20-21H2,1-7H3,(H,27,28)/b23-15+,24-17+,25-19+. The van der Waals surface area contributed by atoms with Crippen molar-refractivity contribution in [1.29, 1.82) is 0 Å². The van der Waals surface area contributed by atoms with Crippen LogP contribution >= 0.6 is 7.60 Å². The Kier molecular flexibility index (Phi) is 18.1. The Morgan fingerprint density at radius 2 is 1.21 bits per heavy atom. The molecule has 0 atom stereocenters. The van der Waals surface area contributed by atoms with Gasteiger partial charge in [-0.2, -0.15) is 0 Å². The smallest absolute Gasteiger partial charge is 0.309 e. The minimum Gasteiger partial charge on any atom is -0.309 e. The molecule has 0 saturated carbocycles. The molecule has 0 aromatic carbocycles.